The molecule has 0 saturated carbocycles. The van der Waals surface area contributed by atoms with Crippen molar-refractivity contribution in [2.24, 2.45) is 0 Å². The quantitative estimate of drug-likeness (QED) is 0.919. The number of hydrogen-bond donors (Lipinski definition) is 1. The minimum Gasteiger partial charge on any atom is -0.318 e. The molecule has 0 aliphatic rings. The predicted molar refractivity (Wildman–Crippen MR) is 84.9 cm³/mol. The van der Waals surface area contributed by atoms with Crippen LogP contribution in [0.25, 0.3) is 10.8 Å². The first kappa shape index (κ1) is 16.9. The van der Waals surface area contributed by atoms with E-state index in [1.165, 1.54) is 4.31 Å². The van der Waals surface area contributed by atoms with E-state index in [1.807, 2.05) is 30.3 Å². The van der Waals surface area contributed by atoms with Crippen LogP contribution in [0, 0.1) is 0 Å². The summed E-state index contributed by atoms with van der Waals surface area (Å²) in [6.07, 6.45) is 0. The lowest BCUT2D eigenvalue weighted by molar-refractivity contribution is 0.466. The van der Waals surface area contributed by atoms with Gasteiger partial charge in [-0.05, 0) is 18.5 Å². The van der Waals surface area contributed by atoms with Crippen LogP contribution in [-0.2, 0) is 10.0 Å². The fraction of sp³-hybridized carbons (Fsp3) is 0.286. The maximum Gasteiger partial charge on any atom is 0.243 e. The van der Waals surface area contributed by atoms with Crippen molar-refractivity contribution < 1.29 is 8.42 Å². The van der Waals surface area contributed by atoms with Gasteiger partial charge in [-0.15, -0.1) is 12.4 Å². The number of halogens is 1. The number of benzene rings is 2. The molecule has 1 N–H and O–H groups in total. The molecule has 110 valence electrons. The molecule has 0 fully saturated rings. The Morgan fingerprint density at radius 1 is 1.10 bits per heavy atom. The van der Waals surface area contributed by atoms with Crippen LogP contribution in [-0.4, -0.2) is 39.9 Å². The SMILES string of the molecule is CNCCN(C)S(=O)(=O)c1cccc2ccccc12.Cl. The Kier molecular flexibility index (Phi) is 5.95. The molecule has 0 unspecified atom stereocenters. The van der Waals surface area contributed by atoms with Crippen LogP contribution in [0.3, 0.4) is 0 Å². The van der Waals surface area contributed by atoms with Crippen molar-refractivity contribution in [1.82, 2.24) is 9.62 Å². The summed E-state index contributed by atoms with van der Waals surface area (Å²) in [6.45, 7) is 1.07. The van der Waals surface area contributed by atoms with E-state index in [9.17, 15) is 8.42 Å². The van der Waals surface area contributed by atoms with E-state index in [0.29, 0.717) is 18.0 Å². The van der Waals surface area contributed by atoms with Crippen LogP contribution in [0.15, 0.2) is 47.4 Å². The highest BCUT2D eigenvalue weighted by Gasteiger charge is 2.22. The summed E-state index contributed by atoms with van der Waals surface area (Å²) in [4.78, 5) is 0.365. The lowest BCUT2D eigenvalue weighted by atomic mass is 10.1. The highest BCUT2D eigenvalue weighted by molar-refractivity contribution is 7.89. The molecule has 2 aromatic rings. The maximum atomic E-state index is 12.6. The molecule has 0 spiro atoms. The van der Waals surface area contributed by atoms with Gasteiger partial charge in [0.05, 0.1) is 4.90 Å². The number of fused-ring (bicyclic) bond motifs is 1. The van der Waals surface area contributed by atoms with Gasteiger partial charge in [-0.25, -0.2) is 8.42 Å². The first-order chi connectivity index (χ1) is 9.07. The van der Waals surface area contributed by atoms with E-state index in [4.69, 9.17) is 0 Å². The predicted octanol–water partition coefficient (Wildman–Crippen LogP) is 2.10. The van der Waals surface area contributed by atoms with Gasteiger partial charge in [0.1, 0.15) is 0 Å². The average molecular weight is 315 g/mol. The fourth-order valence-corrected chi connectivity index (χ4v) is 3.36. The van der Waals surface area contributed by atoms with E-state index in [2.05, 4.69) is 5.32 Å². The smallest absolute Gasteiger partial charge is 0.243 e. The molecule has 0 amide bonds. The molecule has 0 bridgehead atoms. The van der Waals surface area contributed by atoms with Gasteiger partial charge in [-0.1, -0.05) is 36.4 Å². The third-order valence-electron chi connectivity index (χ3n) is 3.11. The summed E-state index contributed by atoms with van der Waals surface area (Å²) in [5.74, 6) is 0. The zero-order valence-corrected chi connectivity index (χ0v) is 13.2. The van der Waals surface area contributed by atoms with Gasteiger partial charge in [-0.3, -0.25) is 0 Å². The van der Waals surface area contributed by atoms with Crippen molar-refractivity contribution in [1.29, 1.82) is 0 Å². The van der Waals surface area contributed by atoms with Gasteiger partial charge in [0.2, 0.25) is 10.0 Å². The lowest BCUT2D eigenvalue weighted by Gasteiger charge is -2.18. The first-order valence-corrected chi connectivity index (χ1v) is 7.60. The fourth-order valence-electron chi connectivity index (χ4n) is 1.98. The number of nitrogens with one attached hydrogen (secondary N) is 1. The molecule has 2 aromatic carbocycles. The largest absolute Gasteiger partial charge is 0.318 e. The van der Waals surface area contributed by atoms with Crippen molar-refractivity contribution in [3.63, 3.8) is 0 Å². The summed E-state index contributed by atoms with van der Waals surface area (Å²) in [5, 5.41) is 4.65. The Morgan fingerprint density at radius 2 is 1.75 bits per heavy atom. The normalized spacial score (nSPS) is 11.6. The highest BCUT2D eigenvalue weighted by Crippen LogP contribution is 2.24. The van der Waals surface area contributed by atoms with Crippen LogP contribution in [0.5, 0.6) is 0 Å². The van der Waals surface area contributed by atoms with Gasteiger partial charge in [0.25, 0.3) is 0 Å². The number of sulfonamides is 1. The standard InChI is InChI=1S/C14H18N2O2S.ClH/c1-15-10-11-16(2)19(17,18)14-9-5-7-12-6-3-4-8-13(12)14;/h3-9,15H,10-11H2,1-2H3;1H. The average Bonchev–Trinajstić information content (AvgIpc) is 2.43. The molecule has 0 aromatic heterocycles. The Balaban J connectivity index is 0.00000200. The minimum atomic E-state index is -3.44. The highest BCUT2D eigenvalue weighted by atomic mass is 35.5. The topological polar surface area (TPSA) is 49.4 Å². The van der Waals surface area contributed by atoms with E-state index in [-0.39, 0.29) is 12.4 Å². The number of rotatable bonds is 5. The van der Waals surface area contributed by atoms with E-state index < -0.39 is 10.0 Å². The van der Waals surface area contributed by atoms with Crippen molar-refractivity contribution in [3.05, 3.63) is 42.5 Å². The summed E-state index contributed by atoms with van der Waals surface area (Å²) in [5.41, 5.74) is 0. The second kappa shape index (κ2) is 7.04. The summed E-state index contributed by atoms with van der Waals surface area (Å²) >= 11 is 0. The molecule has 20 heavy (non-hydrogen) atoms. The Morgan fingerprint density at radius 3 is 2.45 bits per heavy atom. The van der Waals surface area contributed by atoms with E-state index in [0.717, 1.165) is 10.8 Å². The summed E-state index contributed by atoms with van der Waals surface area (Å²) in [7, 11) is -0.0349. The molecule has 0 aliphatic carbocycles. The third-order valence-corrected chi connectivity index (χ3v) is 5.03. The molecule has 0 radical (unpaired) electrons. The van der Waals surface area contributed by atoms with Crippen LogP contribution in [0.1, 0.15) is 0 Å². The zero-order chi connectivity index (χ0) is 13.9. The summed E-state index contributed by atoms with van der Waals surface area (Å²) < 4.78 is 26.5. The van der Waals surface area contributed by atoms with Gasteiger partial charge in [-0.2, -0.15) is 4.31 Å². The molecular weight excluding hydrogens is 296 g/mol. The molecular formula is C14H19ClN2O2S. The van der Waals surface area contributed by atoms with Crippen molar-refractivity contribution in [3.8, 4) is 0 Å². The van der Waals surface area contributed by atoms with Gasteiger partial charge < -0.3 is 5.32 Å². The third kappa shape index (κ3) is 3.30. The van der Waals surface area contributed by atoms with Gasteiger partial charge in [0, 0.05) is 25.5 Å². The molecule has 4 nitrogen and oxygen atoms in total. The van der Waals surface area contributed by atoms with E-state index >= 15 is 0 Å². The van der Waals surface area contributed by atoms with Crippen molar-refractivity contribution in [2.45, 2.75) is 4.90 Å². The first-order valence-electron chi connectivity index (χ1n) is 6.16. The molecule has 0 heterocycles. The van der Waals surface area contributed by atoms with E-state index in [1.54, 1.807) is 26.2 Å². The molecule has 0 saturated heterocycles. The van der Waals surface area contributed by atoms with Crippen LogP contribution >= 0.6 is 12.4 Å². The van der Waals surface area contributed by atoms with Gasteiger partial charge >= 0.3 is 0 Å². The summed E-state index contributed by atoms with van der Waals surface area (Å²) in [6, 6.07) is 12.9. The lowest BCUT2D eigenvalue weighted by Crippen LogP contribution is -2.32. The second-order valence-electron chi connectivity index (χ2n) is 4.41. The monoisotopic (exact) mass is 314 g/mol. The molecule has 0 atom stereocenters. The molecule has 2 rings (SSSR count). The Hall–Kier alpha value is -1.14. The number of likely N-dealkylation sites (N-methyl/N-ethyl adjacent to an activating group) is 2. The van der Waals surface area contributed by atoms with Crippen molar-refractivity contribution in [2.75, 3.05) is 27.2 Å². The second-order valence-corrected chi connectivity index (χ2v) is 6.42. The molecule has 6 heteroatoms. The zero-order valence-electron chi connectivity index (χ0n) is 11.5. The van der Waals surface area contributed by atoms with Crippen molar-refractivity contribution >= 4 is 33.2 Å². The van der Waals surface area contributed by atoms with Crippen LogP contribution < -0.4 is 5.32 Å². The Labute approximate surface area is 126 Å². The molecule has 0 aliphatic heterocycles. The van der Waals surface area contributed by atoms with Crippen LogP contribution in [0.2, 0.25) is 0 Å². The Bertz CT molecular complexity index is 668. The van der Waals surface area contributed by atoms with Crippen LogP contribution in [0.4, 0.5) is 0 Å². The van der Waals surface area contributed by atoms with Gasteiger partial charge in [0.15, 0.2) is 0 Å². The number of hydrogen-bond acceptors (Lipinski definition) is 3. The minimum absolute atomic E-state index is 0. The maximum absolute atomic E-state index is 12.6. The number of nitrogens with zero attached hydrogens (tertiary/aromatic N) is 1.